The Morgan fingerprint density at radius 1 is 1.30 bits per heavy atom. The number of aromatic nitrogens is 3. The fourth-order valence-corrected chi connectivity index (χ4v) is 3.38. The summed E-state index contributed by atoms with van der Waals surface area (Å²) in [5.41, 5.74) is 2.00. The van der Waals surface area contributed by atoms with Crippen LogP contribution >= 0.6 is 27.5 Å². The molecule has 1 aromatic carbocycles. The van der Waals surface area contributed by atoms with Gasteiger partial charge in [0.05, 0.1) is 22.2 Å². The lowest BCUT2D eigenvalue weighted by Crippen LogP contribution is -2.15. The van der Waals surface area contributed by atoms with Crippen LogP contribution in [0.15, 0.2) is 58.2 Å². The maximum absolute atomic E-state index is 14.9. The van der Waals surface area contributed by atoms with Gasteiger partial charge in [-0.05, 0) is 59.6 Å². The van der Waals surface area contributed by atoms with Crippen molar-refractivity contribution in [2.45, 2.75) is 13.8 Å². The summed E-state index contributed by atoms with van der Waals surface area (Å²) in [4.78, 5) is 12.7. The van der Waals surface area contributed by atoms with Crippen molar-refractivity contribution in [3.05, 3.63) is 69.6 Å². The van der Waals surface area contributed by atoms with Crippen molar-refractivity contribution in [2.24, 2.45) is 5.10 Å². The number of benzene rings is 1. The van der Waals surface area contributed by atoms with Gasteiger partial charge in [-0.2, -0.15) is 5.10 Å². The monoisotopic (exact) mass is 528 g/mol. The molecule has 33 heavy (non-hydrogen) atoms. The molecule has 0 spiro atoms. The first-order valence-electron chi connectivity index (χ1n) is 9.63. The van der Waals surface area contributed by atoms with Gasteiger partial charge in [0.25, 0.3) is 0 Å². The fraction of sp³-hybridized carbons (Fsp3) is 0.130. The van der Waals surface area contributed by atoms with Gasteiger partial charge in [0.15, 0.2) is 5.82 Å². The van der Waals surface area contributed by atoms with Gasteiger partial charge in [-0.25, -0.2) is 19.3 Å². The Labute approximate surface area is 204 Å². The molecule has 7 nitrogen and oxygen atoms in total. The van der Waals surface area contributed by atoms with E-state index in [9.17, 15) is 4.39 Å². The molecule has 0 atom stereocenters. The number of fused-ring (bicyclic) bond motifs is 1. The number of aryl methyl sites for hydroxylation is 1. The van der Waals surface area contributed by atoms with Gasteiger partial charge in [0, 0.05) is 18.5 Å². The normalized spacial score (nSPS) is 12.9. The highest BCUT2D eigenvalue weighted by Gasteiger charge is 2.15. The van der Waals surface area contributed by atoms with Gasteiger partial charge in [0.2, 0.25) is 0 Å². The summed E-state index contributed by atoms with van der Waals surface area (Å²) in [6.45, 7) is 4.26. The fourth-order valence-electron chi connectivity index (χ4n) is 2.94. The quantitative estimate of drug-likeness (QED) is 0.249. The lowest BCUT2D eigenvalue weighted by Gasteiger charge is -2.18. The summed E-state index contributed by atoms with van der Waals surface area (Å²) >= 11 is 9.43. The van der Waals surface area contributed by atoms with E-state index in [4.69, 9.17) is 16.3 Å². The predicted molar refractivity (Wildman–Crippen MR) is 133 cm³/mol. The van der Waals surface area contributed by atoms with Crippen LogP contribution < -0.4 is 10.1 Å². The highest BCUT2D eigenvalue weighted by Crippen LogP contribution is 2.32. The predicted octanol–water partition coefficient (Wildman–Crippen LogP) is 5.98. The van der Waals surface area contributed by atoms with Gasteiger partial charge < -0.3 is 10.1 Å². The molecule has 0 saturated carbocycles. The van der Waals surface area contributed by atoms with Crippen LogP contribution in [0.25, 0.3) is 11.0 Å². The molecule has 1 N–H and O–H groups in total. The maximum Gasteiger partial charge on any atom is 0.160 e. The summed E-state index contributed by atoms with van der Waals surface area (Å²) in [5.74, 6) is 0.898. The molecule has 2 aromatic heterocycles. The number of pyridine rings is 1. The van der Waals surface area contributed by atoms with E-state index in [1.54, 1.807) is 35.6 Å². The van der Waals surface area contributed by atoms with Crippen molar-refractivity contribution in [1.29, 1.82) is 0 Å². The Hall–Kier alpha value is -3.48. The van der Waals surface area contributed by atoms with Crippen molar-refractivity contribution in [1.82, 2.24) is 20.0 Å². The van der Waals surface area contributed by atoms with Crippen LogP contribution in [0.1, 0.15) is 12.5 Å². The largest absolute Gasteiger partial charge is 0.457 e. The lowest BCUT2D eigenvalue weighted by molar-refractivity contribution is 0.392. The highest BCUT2D eigenvalue weighted by atomic mass is 79.9. The molecule has 0 radical (unpaired) electrons. The third-order valence-electron chi connectivity index (χ3n) is 4.42. The van der Waals surface area contributed by atoms with E-state index in [0.29, 0.717) is 39.4 Å². The van der Waals surface area contributed by atoms with Gasteiger partial charge in [0.1, 0.15) is 34.3 Å². The van der Waals surface area contributed by atoms with Crippen molar-refractivity contribution in [3.63, 3.8) is 0 Å². The van der Waals surface area contributed by atoms with Crippen LogP contribution in [0.3, 0.4) is 0 Å². The molecule has 0 fully saturated rings. The molecule has 168 valence electrons. The molecule has 0 amide bonds. The van der Waals surface area contributed by atoms with Crippen LogP contribution in [-0.4, -0.2) is 32.7 Å². The number of hydrogen-bond acceptors (Lipinski definition) is 7. The first kappa shape index (κ1) is 24.2. The molecule has 3 heterocycles. The van der Waals surface area contributed by atoms with Crippen molar-refractivity contribution in [3.8, 4) is 18.6 Å². The molecule has 0 aliphatic carbocycles. The summed E-state index contributed by atoms with van der Waals surface area (Å²) in [6.07, 6.45) is 16.5. The van der Waals surface area contributed by atoms with E-state index in [1.807, 2.05) is 19.9 Å². The first-order valence-corrected chi connectivity index (χ1v) is 10.8. The second-order valence-electron chi connectivity index (χ2n) is 6.59. The van der Waals surface area contributed by atoms with Crippen molar-refractivity contribution < 1.29 is 9.13 Å². The molecule has 10 heteroatoms. The zero-order valence-corrected chi connectivity index (χ0v) is 20.1. The SMILES string of the molecule is C#C.C/C=N\N1C=CC(Oc2cc(F)c(Nc3ncnc4cc(Br)c(Cl)nc34)cc2C)=CC1. The molecule has 3 aromatic rings. The van der Waals surface area contributed by atoms with Crippen LogP contribution in [0.2, 0.25) is 5.15 Å². The van der Waals surface area contributed by atoms with Crippen LogP contribution in [0.5, 0.6) is 5.75 Å². The number of nitrogens with one attached hydrogen (secondary N) is 1. The summed E-state index contributed by atoms with van der Waals surface area (Å²) in [6, 6.07) is 4.72. The standard InChI is InChI=1S/C21H17BrClFN6O.C2H2/c1-3-27-30-6-4-13(5-7-30)31-18-10-15(24)16(8-12(18)2)28-21-19-17(25-11-26-21)9-14(22)20(23)29-19;1-2/h3-6,8-11H,7H2,1-2H3,(H,25,26,28);1-2H/b27-3-;. The Bertz CT molecular complexity index is 1290. The first-order chi connectivity index (χ1) is 15.9. The zero-order valence-electron chi connectivity index (χ0n) is 17.8. The molecular formula is C23H19BrClFN6O. The Morgan fingerprint density at radius 3 is 2.79 bits per heavy atom. The molecular weight excluding hydrogens is 511 g/mol. The van der Waals surface area contributed by atoms with Crippen molar-refractivity contribution >= 4 is 56.3 Å². The number of rotatable bonds is 5. The van der Waals surface area contributed by atoms with E-state index < -0.39 is 5.82 Å². The van der Waals surface area contributed by atoms with E-state index >= 15 is 0 Å². The minimum Gasteiger partial charge on any atom is -0.457 e. The Morgan fingerprint density at radius 2 is 2.09 bits per heavy atom. The highest BCUT2D eigenvalue weighted by molar-refractivity contribution is 9.10. The minimum atomic E-state index is -0.492. The number of halogens is 3. The van der Waals surface area contributed by atoms with Gasteiger partial charge in [-0.3, -0.25) is 5.01 Å². The minimum absolute atomic E-state index is 0.238. The van der Waals surface area contributed by atoms with Crippen LogP contribution in [0, 0.1) is 25.6 Å². The van der Waals surface area contributed by atoms with Gasteiger partial charge >= 0.3 is 0 Å². The summed E-state index contributed by atoms with van der Waals surface area (Å²) in [7, 11) is 0. The lowest BCUT2D eigenvalue weighted by atomic mass is 10.2. The second kappa shape index (κ2) is 10.9. The Kier molecular flexibility index (Phi) is 7.98. The van der Waals surface area contributed by atoms with Crippen LogP contribution in [0.4, 0.5) is 15.9 Å². The average molecular weight is 530 g/mol. The number of terminal acetylenes is 1. The van der Waals surface area contributed by atoms with Crippen molar-refractivity contribution in [2.75, 3.05) is 11.9 Å². The van der Waals surface area contributed by atoms with E-state index in [1.165, 1.54) is 12.4 Å². The zero-order chi connectivity index (χ0) is 24.0. The molecule has 0 bridgehead atoms. The van der Waals surface area contributed by atoms with Gasteiger partial charge in [-0.1, -0.05) is 11.6 Å². The van der Waals surface area contributed by atoms with Gasteiger partial charge in [-0.15, -0.1) is 12.8 Å². The van der Waals surface area contributed by atoms with Crippen LogP contribution in [-0.2, 0) is 0 Å². The number of hydrazone groups is 1. The third-order valence-corrected chi connectivity index (χ3v) is 5.54. The molecule has 0 unspecified atom stereocenters. The number of hydrogen-bond donors (Lipinski definition) is 1. The Balaban J connectivity index is 0.00000149. The van der Waals surface area contributed by atoms with E-state index in [-0.39, 0.29) is 10.8 Å². The second-order valence-corrected chi connectivity index (χ2v) is 7.81. The van der Waals surface area contributed by atoms with E-state index in [2.05, 4.69) is 54.1 Å². The maximum atomic E-state index is 14.9. The summed E-state index contributed by atoms with van der Waals surface area (Å²) in [5, 5.41) is 9.18. The van der Waals surface area contributed by atoms with E-state index in [0.717, 1.165) is 5.56 Å². The number of nitrogens with zero attached hydrogens (tertiary/aromatic N) is 5. The molecule has 1 aliphatic rings. The number of allylic oxidation sites excluding steroid dienone is 1. The molecule has 0 saturated heterocycles. The topological polar surface area (TPSA) is 75.5 Å². The third kappa shape index (κ3) is 5.66. The number of anilines is 2. The number of ether oxygens (including phenoxy) is 1. The molecule has 1 aliphatic heterocycles. The summed E-state index contributed by atoms with van der Waals surface area (Å²) < 4.78 is 21.4. The smallest absolute Gasteiger partial charge is 0.160 e. The average Bonchev–Trinajstić information content (AvgIpc) is 2.81. The molecule has 4 rings (SSSR count).